The number of fused-ring (bicyclic) bond motifs is 1. The van der Waals surface area contributed by atoms with Crippen molar-refractivity contribution in [1.29, 1.82) is 0 Å². The number of aromatic nitrogens is 2. The zero-order valence-corrected chi connectivity index (χ0v) is 18.9. The molecule has 0 aliphatic carbocycles. The number of rotatable bonds is 2. The Kier molecular flexibility index (Phi) is 6.81. The summed E-state index contributed by atoms with van der Waals surface area (Å²) < 4.78 is 18.8. The lowest BCUT2D eigenvalue weighted by molar-refractivity contribution is 0.0600. The number of nitrogens with zero attached hydrogens (tertiary/aromatic N) is 3. The Morgan fingerprint density at radius 1 is 1.16 bits per heavy atom. The van der Waals surface area contributed by atoms with E-state index in [9.17, 15) is 14.3 Å². The molecular formula is C24H29FN4O3. The fraction of sp³-hybridized carbons (Fsp3) is 0.375. The summed E-state index contributed by atoms with van der Waals surface area (Å²) in [7, 11) is 0. The molecule has 170 valence electrons. The van der Waals surface area contributed by atoms with E-state index in [1.165, 1.54) is 18.2 Å². The van der Waals surface area contributed by atoms with Gasteiger partial charge < -0.3 is 20.5 Å². The van der Waals surface area contributed by atoms with Gasteiger partial charge in [-0.15, -0.1) is 0 Å². The lowest BCUT2D eigenvalue weighted by atomic mass is 10.1. The molecule has 1 amide bonds. The van der Waals surface area contributed by atoms with E-state index in [1.54, 1.807) is 20.8 Å². The van der Waals surface area contributed by atoms with Crippen molar-refractivity contribution in [2.45, 2.75) is 46.1 Å². The van der Waals surface area contributed by atoms with Crippen molar-refractivity contribution in [1.82, 2.24) is 9.97 Å². The Hall–Kier alpha value is -3.42. The molecule has 3 N–H and O–H groups in total. The Labute approximate surface area is 187 Å². The van der Waals surface area contributed by atoms with E-state index in [2.05, 4.69) is 19.6 Å². The van der Waals surface area contributed by atoms with Gasteiger partial charge in [-0.3, -0.25) is 0 Å². The van der Waals surface area contributed by atoms with Gasteiger partial charge in [0.2, 0.25) is 0 Å². The standard InChI is InChI=1S/C19H18FN3O.C5H11NO2/c1-12-7-8-13-15(11-12)21-18(17-14(20)5-4-6-16(17)24)22-19(13)23-9-2-3-10-23;1-5(2,3)8-4(6)7/h4-8,11,24H,2-3,9-10H2,1H3;1-3H3,(H2,6,7). The van der Waals surface area contributed by atoms with Crippen molar-refractivity contribution in [3.05, 3.63) is 47.8 Å². The summed E-state index contributed by atoms with van der Waals surface area (Å²) in [4.78, 5) is 21.4. The molecule has 0 atom stereocenters. The number of aryl methyl sites for hydroxylation is 1. The highest BCUT2D eigenvalue weighted by molar-refractivity contribution is 5.92. The van der Waals surface area contributed by atoms with Crippen LogP contribution in [-0.4, -0.2) is 39.9 Å². The van der Waals surface area contributed by atoms with Crippen LogP contribution in [0, 0.1) is 12.7 Å². The summed E-state index contributed by atoms with van der Waals surface area (Å²) in [6.45, 7) is 9.15. The number of aromatic hydroxyl groups is 1. The predicted molar refractivity (Wildman–Crippen MR) is 123 cm³/mol. The largest absolute Gasteiger partial charge is 0.507 e. The van der Waals surface area contributed by atoms with Gasteiger partial charge in [0.25, 0.3) is 0 Å². The van der Waals surface area contributed by atoms with Gasteiger partial charge in [0.05, 0.1) is 11.1 Å². The second-order valence-electron chi connectivity index (χ2n) is 8.75. The van der Waals surface area contributed by atoms with Crippen molar-refractivity contribution >= 4 is 22.8 Å². The third kappa shape index (κ3) is 5.63. The first-order chi connectivity index (χ1) is 15.0. The minimum Gasteiger partial charge on any atom is -0.507 e. The zero-order chi connectivity index (χ0) is 23.5. The average molecular weight is 441 g/mol. The molecule has 2 heterocycles. The fourth-order valence-corrected chi connectivity index (χ4v) is 3.54. The van der Waals surface area contributed by atoms with Crippen LogP contribution in [0.2, 0.25) is 0 Å². The first kappa shape index (κ1) is 23.2. The molecule has 0 spiro atoms. The molecule has 0 radical (unpaired) electrons. The third-order valence-electron chi connectivity index (χ3n) is 4.86. The van der Waals surface area contributed by atoms with Gasteiger partial charge in [0.1, 0.15) is 23.0 Å². The van der Waals surface area contributed by atoms with Crippen LogP contribution in [0.5, 0.6) is 5.75 Å². The molecule has 0 saturated carbocycles. The first-order valence-electron chi connectivity index (χ1n) is 10.5. The monoisotopic (exact) mass is 440 g/mol. The van der Waals surface area contributed by atoms with Crippen molar-refractivity contribution in [3.63, 3.8) is 0 Å². The quantitative estimate of drug-likeness (QED) is 0.586. The van der Waals surface area contributed by atoms with Gasteiger partial charge in [0.15, 0.2) is 5.82 Å². The van der Waals surface area contributed by atoms with Gasteiger partial charge in [-0.1, -0.05) is 12.1 Å². The Balaban J connectivity index is 0.000000312. The Bertz CT molecular complexity index is 1100. The van der Waals surface area contributed by atoms with E-state index in [0.717, 1.165) is 48.2 Å². The second-order valence-corrected chi connectivity index (χ2v) is 8.75. The Morgan fingerprint density at radius 3 is 2.41 bits per heavy atom. The van der Waals surface area contributed by atoms with Crippen LogP contribution in [0.15, 0.2) is 36.4 Å². The molecular weight excluding hydrogens is 411 g/mol. The molecule has 8 heteroatoms. The minimum absolute atomic E-state index is 0.0568. The molecule has 0 bridgehead atoms. The van der Waals surface area contributed by atoms with Crippen LogP contribution in [0.3, 0.4) is 0 Å². The topological polar surface area (TPSA) is 102 Å². The summed E-state index contributed by atoms with van der Waals surface area (Å²) in [6.07, 6.45) is 1.52. The minimum atomic E-state index is -0.725. The molecule has 4 rings (SSSR count). The number of nitrogens with two attached hydrogens (primary N) is 1. The number of amides is 1. The maximum Gasteiger partial charge on any atom is 0.405 e. The average Bonchev–Trinajstić information content (AvgIpc) is 3.20. The normalized spacial score (nSPS) is 13.6. The lowest BCUT2D eigenvalue weighted by Crippen LogP contribution is -2.27. The highest BCUT2D eigenvalue weighted by Crippen LogP contribution is 2.34. The number of anilines is 1. The van der Waals surface area contributed by atoms with Crippen LogP contribution < -0.4 is 10.6 Å². The van der Waals surface area contributed by atoms with Crippen molar-refractivity contribution in [2.24, 2.45) is 5.73 Å². The highest BCUT2D eigenvalue weighted by Gasteiger charge is 2.21. The van der Waals surface area contributed by atoms with E-state index in [-0.39, 0.29) is 17.1 Å². The maximum absolute atomic E-state index is 14.3. The summed E-state index contributed by atoms with van der Waals surface area (Å²) in [5.41, 5.74) is 6.17. The van der Waals surface area contributed by atoms with Crippen molar-refractivity contribution in [3.8, 4) is 17.1 Å². The molecule has 7 nitrogen and oxygen atoms in total. The van der Waals surface area contributed by atoms with Gasteiger partial charge in [0, 0.05) is 18.5 Å². The van der Waals surface area contributed by atoms with Crippen LogP contribution in [0.1, 0.15) is 39.2 Å². The number of phenols is 1. The number of carbonyl (C=O) groups excluding carboxylic acids is 1. The SMILES string of the molecule is CC(C)(C)OC(N)=O.Cc1ccc2c(N3CCCC3)nc(-c3c(O)cccc3F)nc2c1. The number of primary amides is 1. The second kappa shape index (κ2) is 9.38. The van der Waals surface area contributed by atoms with E-state index in [0.29, 0.717) is 0 Å². The molecule has 1 aliphatic rings. The molecule has 0 unspecified atom stereocenters. The van der Waals surface area contributed by atoms with Gasteiger partial charge in [-0.2, -0.15) is 0 Å². The Morgan fingerprint density at radius 2 is 1.84 bits per heavy atom. The maximum atomic E-state index is 14.3. The number of phenolic OH excluding ortho intramolecular Hbond substituents is 1. The van der Waals surface area contributed by atoms with Crippen molar-refractivity contribution < 1.29 is 19.0 Å². The van der Waals surface area contributed by atoms with E-state index >= 15 is 0 Å². The van der Waals surface area contributed by atoms with Gasteiger partial charge >= 0.3 is 6.09 Å². The van der Waals surface area contributed by atoms with E-state index in [1.807, 2.05) is 25.1 Å². The number of hydrogen-bond donors (Lipinski definition) is 2. The van der Waals surface area contributed by atoms with Crippen molar-refractivity contribution in [2.75, 3.05) is 18.0 Å². The van der Waals surface area contributed by atoms with Crippen LogP contribution in [0.25, 0.3) is 22.3 Å². The molecule has 1 aliphatic heterocycles. The van der Waals surface area contributed by atoms with Gasteiger partial charge in [-0.25, -0.2) is 19.2 Å². The molecule has 1 saturated heterocycles. The number of benzene rings is 2. The molecule has 1 aromatic heterocycles. The van der Waals surface area contributed by atoms with Gasteiger partial charge in [-0.05, 0) is 70.4 Å². The summed E-state index contributed by atoms with van der Waals surface area (Å²) >= 11 is 0. The molecule has 32 heavy (non-hydrogen) atoms. The number of hydrogen-bond acceptors (Lipinski definition) is 6. The lowest BCUT2D eigenvalue weighted by Gasteiger charge is -2.19. The van der Waals surface area contributed by atoms with Crippen LogP contribution in [0.4, 0.5) is 15.0 Å². The number of halogens is 1. The zero-order valence-electron chi connectivity index (χ0n) is 18.9. The fourth-order valence-electron chi connectivity index (χ4n) is 3.54. The smallest absolute Gasteiger partial charge is 0.405 e. The van der Waals surface area contributed by atoms with E-state index < -0.39 is 17.5 Å². The summed E-state index contributed by atoms with van der Waals surface area (Å²) in [6, 6.07) is 10.3. The van der Waals surface area contributed by atoms with Crippen LogP contribution in [-0.2, 0) is 4.74 Å². The third-order valence-corrected chi connectivity index (χ3v) is 4.86. The molecule has 1 fully saturated rings. The summed E-state index contributed by atoms with van der Waals surface area (Å²) in [5.74, 6) is 0.379. The highest BCUT2D eigenvalue weighted by atomic mass is 19.1. The molecule has 2 aromatic carbocycles. The van der Waals surface area contributed by atoms with E-state index in [4.69, 9.17) is 5.73 Å². The van der Waals surface area contributed by atoms with Crippen LogP contribution >= 0.6 is 0 Å². The number of ether oxygens (including phenoxy) is 1. The molecule has 3 aromatic rings. The summed E-state index contributed by atoms with van der Waals surface area (Å²) in [5, 5.41) is 11.1. The first-order valence-corrected chi connectivity index (χ1v) is 10.5. The predicted octanol–water partition coefficient (Wildman–Crippen LogP) is 4.93. The number of carbonyl (C=O) groups is 1.